The van der Waals surface area contributed by atoms with Gasteiger partial charge in [0.1, 0.15) is 11.4 Å². The number of benzene rings is 2. The lowest BCUT2D eigenvalue weighted by atomic mass is 9.86. The van der Waals surface area contributed by atoms with E-state index in [1.165, 1.54) is 26.4 Å². The number of rotatable bonds is 10. The predicted molar refractivity (Wildman–Crippen MR) is 127 cm³/mol. The number of H-pyrrole nitrogens is 1. The molecule has 1 aliphatic carbocycles. The summed E-state index contributed by atoms with van der Waals surface area (Å²) in [5.41, 5.74) is 1.14. The molecule has 0 spiro atoms. The molecule has 1 aliphatic rings. The second kappa shape index (κ2) is 10.8. The first-order valence-corrected chi connectivity index (χ1v) is 11.3. The lowest BCUT2D eigenvalue weighted by Gasteiger charge is -2.25. The van der Waals surface area contributed by atoms with Gasteiger partial charge in [-0.15, -0.1) is 10.2 Å². The Kier molecular flexibility index (Phi) is 7.41. The number of carbonyl (C=O) groups excluding carboxylic acids is 1. The predicted octanol–water partition coefficient (Wildman–Crippen LogP) is 3.60. The number of carbonyl (C=O) groups is 1. The molecule has 1 aromatic heterocycles. The van der Waals surface area contributed by atoms with Gasteiger partial charge in [-0.3, -0.25) is 9.59 Å². The first-order chi connectivity index (χ1) is 16.6. The minimum atomic E-state index is -0.366. The minimum absolute atomic E-state index is 0.0818. The summed E-state index contributed by atoms with van der Waals surface area (Å²) in [6.45, 7) is 0.740. The normalized spacial score (nSPS) is 13.1. The average molecular weight is 465 g/mol. The summed E-state index contributed by atoms with van der Waals surface area (Å²) < 4.78 is 16.2. The Balaban J connectivity index is 1.32. The molecule has 0 aliphatic heterocycles. The van der Waals surface area contributed by atoms with E-state index in [0.717, 1.165) is 17.9 Å². The third-order valence-electron chi connectivity index (χ3n) is 5.86. The van der Waals surface area contributed by atoms with Crippen LogP contribution in [0, 0.1) is 5.92 Å². The Morgan fingerprint density at radius 3 is 2.47 bits per heavy atom. The van der Waals surface area contributed by atoms with Gasteiger partial charge in [-0.2, -0.15) is 0 Å². The van der Waals surface area contributed by atoms with E-state index in [4.69, 9.17) is 14.2 Å². The van der Waals surface area contributed by atoms with Crippen LogP contribution in [0.25, 0.3) is 11.4 Å². The van der Waals surface area contributed by atoms with Gasteiger partial charge in [-0.1, -0.05) is 6.42 Å². The third-order valence-corrected chi connectivity index (χ3v) is 5.86. The van der Waals surface area contributed by atoms with Crippen LogP contribution in [0.4, 0.5) is 5.69 Å². The summed E-state index contributed by atoms with van der Waals surface area (Å²) >= 11 is 0. The first-order valence-electron chi connectivity index (χ1n) is 11.3. The molecule has 1 heterocycles. The maximum Gasteiger partial charge on any atom is 0.273 e. The molecule has 0 atom stereocenters. The number of hydrogen-bond acceptors (Lipinski definition) is 7. The van der Waals surface area contributed by atoms with Gasteiger partial charge in [0.05, 0.1) is 20.8 Å². The van der Waals surface area contributed by atoms with Crippen LogP contribution in [-0.2, 0) is 11.2 Å². The van der Waals surface area contributed by atoms with Gasteiger partial charge in [0.25, 0.3) is 5.56 Å². The lowest BCUT2D eigenvalue weighted by molar-refractivity contribution is -0.116. The second-order valence-corrected chi connectivity index (χ2v) is 8.20. The summed E-state index contributed by atoms with van der Waals surface area (Å²) in [5, 5.41) is 11.0. The number of nitrogens with one attached hydrogen (secondary N) is 2. The monoisotopic (exact) mass is 464 g/mol. The molecule has 3 aromatic rings. The highest BCUT2D eigenvalue weighted by Crippen LogP contribution is 2.30. The van der Waals surface area contributed by atoms with Gasteiger partial charge in [0.2, 0.25) is 5.91 Å². The smallest absolute Gasteiger partial charge is 0.273 e. The number of aromatic nitrogens is 3. The van der Waals surface area contributed by atoms with E-state index in [0.29, 0.717) is 28.9 Å². The van der Waals surface area contributed by atoms with Crippen molar-refractivity contribution in [3.05, 3.63) is 58.5 Å². The molecule has 0 radical (unpaired) electrons. The molecule has 0 saturated heterocycles. The average Bonchev–Trinajstić information content (AvgIpc) is 2.82. The van der Waals surface area contributed by atoms with E-state index in [-0.39, 0.29) is 30.0 Å². The van der Waals surface area contributed by atoms with Crippen LogP contribution in [0.15, 0.2) is 47.3 Å². The van der Waals surface area contributed by atoms with Crippen molar-refractivity contribution in [3.8, 4) is 28.6 Å². The van der Waals surface area contributed by atoms with Gasteiger partial charge < -0.3 is 24.5 Å². The molecule has 2 aromatic carbocycles. The fourth-order valence-corrected chi connectivity index (χ4v) is 3.61. The lowest BCUT2D eigenvalue weighted by Crippen LogP contribution is -2.20. The van der Waals surface area contributed by atoms with Crippen molar-refractivity contribution in [2.24, 2.45) is 5.92 Å². The van der Waals surface area contributed by atoms with Crippen molar-refractivity contribution in [2.75, 3.05) is 26.1 Å². The zero-order chi connectivity index (χ0) is 23.9. The first kappa shape index (κ1) is 23.3. The minimum Gasteiger partial charge on any atom is -0.493 e. The third kappa shape index (κ3) is 5.72. The zero-order valence-corrected chi connectivity index (χ0v) is 19.3. The van der Waals surface area contributed by atoms with Gasteiger partial charge >= 0.3 is 0 Å². The fourth-order valence-electron chi connectivity index (χ4n) is 3.61. The molecule has 178 valence electrons. The number of aryl methyl sites for hydroxylation is 1. The molecule has 0 unspecified atom stereocenters. The Bertz CT molecular complexity index is 1190. The number of anilines is 1. The Morgan fingerprint density at radius 2 is 1.82 bits per heavy atom. The maximum atomic E-state index is 12.5. The van der Waals surface area contributed by atoms with Crippen molar-refractivity contribution in [2.45, 2.75) is 32.1 Å². The Labute approximate surface area is 197 Å². The van der Waals surface area contributed by atoms with Crippen LogP contribution in [0.5, 0.6) is 17.2 Å². The molecular weight excluding hydrogens is 436 g/mol. The SMILES string of the molecule is COc1ccc(NC(=O)CCc2nnc(-c3ccc(OCC4CCC4)cc3)[nH]c2=O)cc1OC. The van der Waals surface area contributed by atoms with Gasteiger partial charge in [0, 0.05) is 30.2 Å². The van der Waals surface area contributed by atoms with E-state index < -0.39 is 0 Å². The van der Waals surface area contributed by atoms with Crippen LogP contribution in [0.1, 0.15) is 31.4 Å². The molecule has 2 N–H and O–H groups in total. The van der Waals surface area contributed by atoms with E-state index in [9.17, 15) is 9.59 Å². The van der Waals surface area contributed by atoms with Gasteiger partial charge in [-0.25, -0.2) is 0 Å². The summed E-state index contributed by atoms with van der Waals surface area (Å²) in [6.07, 6.45) is 4.00. The van der Waals surface area contributed by atoms with Crippen LogP contribution in [0.2, 0.25) is 0 Å². The van der Waals surface area contributed by atoms with Gasteiger partial charge in [-0.05, 0) is 55.2 Å². The molecular formula is C25H28N4O5. The number of ether oxygens (including phenoxy) is 3. The highest BCUT2D eigenvalue weighted by Gasteiger charge is 2.18. The molecule has 4 rings (SSSR count). The molecule has 1 saturated carbocycles. The quantitative estimate of drug-likeness (QED) is 0.471. The molecule has 1 fully saturated rings. The van der Waals surface area contributed by atoms with Gasteiger partial charge in [0.15, 0.2) is 17.3 Å². The highest BCUT2D eigenvalue weighted by atomic mass is 16.5. The van der Waals surface area contributed by atoms with E-state index in [2.05, 4.69) is 20.5 Å². The summed E-state index contributed by atoms with van der Waals surface area (Å²) in [7, 11) is 3.07. The second-order valence-electron chi connectivity index (χ2n) is 8.20. The molecule has 34 heavy (non-hydrogen) atoms. The topological polar surface area (TPSA) is 115 Å². The van der Waals surface area contributed by atoms with Crippen LogP contribution >= 0.6 is 0 Å². The maximum absolute atomic E-state index is 12.5. The standard InChI is InChI=1S/C25H28N4O5/c1-32-21-12-8-18(14-22(21)33-2)26-23(30)13-11-20-25(31)27-24(29-28-20)17-6-9-19(10-7-17)34-15-16-4-3-5-16/h6-10,12,14,16H,3-5,11,13,15H2,1-2H3,(H,26,30)(H,27,29,31). The zero-order valence-electron chi connectivity index (χ0n) is 19.3. The van der Waals surface area contributed by atoms with Crippen molar-refractivity contribution in [1.29, 1.82) is 0 Å². The molecule has 1 amide bonds. The largest absolute Gasteiger partial charge is 0.493 e. The molecule has 0 bridgehead atoms. The number of aromatic amines is 1. The molecule has 9 nitrogen and oxygen atoms in total. The summed E-state index contributed by atoms with van der Waals surface area (Å²) in [5.74, 6) is 2.65. The Morgan fingerprint density at radius 1 is 1.06 bits per heavy atom. The summed E-state index contributed by atoms with van der Waals surface area (Å²) in [6, 6.07) is 12.5. The van der Waals surface area contributed by atoms with E-state index in [1.54, 1.807) is 25.3 Å². The summed E-state index contributed by atoms with van der Waals surface area (Å²) in [4.78, 5) is 27.6. The fraction of sp³-hybridized carbons (Fsp3) is 0.360. The Hall–Kier alpha value is -3.88. The number of methoxy groups -OCH3 is 2. The van der Waals surface area contributed by atoms with Crippen molar-refractivity contribution in [1.82, 2.24) is 15.2 Å². The number of amides is 1. The van der Waals surface area contributed by atoms with Crippen molar-refractivity contribution < 1.29 is 19.0 Å². The number of hydrogen-bond donors (Lipinski definition) is 2. The van der Waals surface area contributed by atoms with Crippen LogP contribution in [-0.4, -0.2) is 41.9 Å². The highest BCUT2D eigenvalue weighted by molar-refractivity contribution is 5.91. The molecule has 9 heteroatoms. The van der Waals surface area contributed by atoms with Crippen molar-refractivity contribution in [3.63, 3.8) is 0 Å². The van der Waals surface area contributed by atoms with Crippen LogP contribution < -0.4 is 25.1 Å². The van der Waals surface area contributed by atoms with Crippen molar-refractivity contribution >= 4 is 11.6 Å². The van der Waals surface area contributed by atoms with E-state index >= 15 is 0 Å². The van der Waals surface area contributed by atoms with E-state index in [1.807, 2.05) is 24.3 Å². The number of nitrogens with zero attached hydrogens (tertiary/aromatic N) is 2. The van der Waals surface area contributed by atoms with Crippen LogP contribution in [0.3, 0.4) is 0 Å².